The van der Waals surface area contributed by atoms with Crippen molar-refractivity contribution < 1.29 is 9.59 Å². The van der Waals surface area contributed by atoms with Gasteiger partial charge in [-0.2, -0.15) is 0 Å². The third-order valence-electron chi connectivity index (χ3n) is 7.62. The van der Waals surface area contributed by atoms with E-state index < -0.39 is 5.54 Å². The van der Waals surface area contributed by atoms with Crippen LogP contribution in [0.5, 0.6) is 0 Å². The monoisotopic (exact) mass is 317 g/mol. The van der Waals surface area contributed by atoms with E-state index >= 15 is 0 Å². The summed E-state index contributed by atoms with van der Waals surface area (Å²) in [5.74, 6) is 4.79. The minimum absolute atomic E-state index is 0.114. The van der Waals surface area contributed by atoms with E-state index in [9.17, 15) is 9.59 Å². The van der Waals surface area contributed by atoms with Crippen molar-refractivity contribution in [3.05, 3.63) is 0 Å². The fourth-order valence-electron chi connectivity index (χ4n) is 6.63. The van der Waals surface area contributed by atoms with Crippen molar-refractivity contribution >= 4 is 11.9 Å². The molecular formula is C18H27N3O2. The Hall–Kier alpha value is -1.10. The van der Waals surface area contributed by atoms with Crippen LogP contribution in [0.2, 0.25) is 0 Å². The van der Waals surface area contributed by atoms with Crippen molar-refractivity contribution in [3.8, 4) is 0 Å². The Kier molecular flexibility index (Phi) is 3.07. The Labute approximate surface area is 137 Å². The molecule has 2 aliphatic heterocycles. The lowest BCUT2D eigenvalue weighted by molar-refractivity contribution is -0.126. The molecule has 4 aliphatic carbocycles. The van der Waals surface area contributed by atoms with E-state index in [1.54, 1.807) is 0 Å². The molecule has 126 valence electrons. The molecule has 6 rings (SSSR count). The molecule has 1 spiro atoms. The first-order chi connectivity index (χ1) is 11.1. The van der Waals surface area contributed by atoms with Gasteiger partial charge in [0.2, 0.25) is 0 Å². The van der Waals surface area contributed by atoms with Gasteiger partial charge in [0.25, 0.3) is 5.91 Å². The fraction of sp³-hybridized carbons (Fsp3) is 0.889. The summed E-state index contributed by atoms with van der Waals surface area (Å²) < 4.78 is 0. The number of urea groups is 1. The number of nitrogens with one attached hydrogen (secondary N) is 2. The molecule has 4 saturated carbocycles. The van der Waals surface area contributed by atoms with Crippen molar-refractivity contribution in [2.24, 2.45) is 29.6 Å². The first kappa shape index (κ1) is 14.3. The van der Waals surface area contributed by atoms with E-state index in [1.807, 2.05) is 0 Å². The summed E-state index contributed by atoms with van der Waals surface area (Å²) in [5, 5.41) is 5.28. The lowest BCUT2D eigenvalue weighted by Gasteiger charge is -2.55. The van der Waals surface area contributed by atoms with Crippen LogP contribution < -0.4 is 10.6 Å². The Bertz CT molecular complexity index is 510. The normalized spacial score (nSPS) is 44.6. The molecule has 0 atom stereocenters. The van der Waals surface area contributed by atoms with Crippen LogP contribution in [0.3, 0.4) is 0 Å². The molecular weight excluding hydrogens is 290 g/mol. The number of rotatable bonds is 2. The maximum Gasteiger partial charge on any atom is 0.322 e. The number of imide groups is 1. The van der Waals surface area contributed by atoms with E-state index in [2.05, 4.69) is 15.5 Å². The zero-order chi connectivity index (χ0) is 15.6. The summed E-state index contributed by atoms with van der Waals surface area (Å²) in [4.78, 5) is 26.0. The van der Waals surface area contributed by atoms with Gasteiger partial charge >= 0.3 is 6.03 Å². The Morgan fingerprint density at radius 1 is 0.957 bits per heavy atom. The molecule has 0 radical (unpaired) electrons. The second-order valence-electron chi connectivity index (χ2n) is 8.89. The topological polar surface area (TPSA) is 61.4 Å². The highest BCUT2D eigenvalue weighted by Gasteiger charge is 2.50. The van der Waals surface area contributed by atoms with E-state index in [0.717, 1.165) is 55.5 Å². The second kappa shape index (κ2) is 4.95. The molecule has 6 fully saturated rings. The quantitative estimate of drug-likeness (QED) is 0.763. The molecule has 0 aromatic carbocycles. The number of carbonyl (C=O) groups excluding carboxylic acids is 2. The zero-order valence-electron chi connectivity index (χ0n) is 13.7. The Morgan fingerprint density at radius 3 is 2.09 bits per heavy atom. The number of carbonyl (C=O) groups is 2. The van der Waals surface area contributed by atoms with E-state index in [1.165, 1.54) is 38.6 Å². The van der Waals surface area contributed by atoms with Crippen LogP contribution >= 0.6 is 0 Å². The number of amides is 3. The van der Waals surface area contributed by atoms with Crippen molar-refractivity contribution in [1.82, 2.24) is 15.5 Å². The minimum atomic E-state index is -0.613. The van der Waals surface area contributed by atoms with Crippen LogP contribution in [0.1, 0.15) is 44.9 Å². The molecule has 6 aliphatic rings. The van der Waals surface area contributed by atoms with Crippen LogP contribution in [-0.2, 0) is 4.79 Å². The van der Waals surface area contributed by atoms with Gasteiger partial charge in [0.05, 0.1) is 0 Å². The number of likely N-dealkylation sites (tertiary alicyclic amines) is 1. The van der Waals surface area contributed by atoms with Crippen molar-refractivity contribution in [2.75, 3.05) is 19.6 Å². The highest BCUT2D eigenvalue weighted by Crippen LogP contribution is 2.56. The molecule has 5 heteroatoms. The lowest BCUT2D eigenvalue weighted by atomic mass is 9.52. The van der Waals surface area contributed by atoms with E-state index in [-0.39, 0.29) is 11.9 Å². The molecule has 4 bridgehead atoms. The zero-order valence-corrected chi connectivity index (χ0v) is 13.7. The molecule has 0 aromatic rings. The molecule has 2 saturated heterocycles. The van der Waals surface area contributed by atoms with Gasteiger partial charge in [0.1, 0.15) is 5.54 Å². The number of hydrogen-bond donors (Lipinski definition) is 2. The molecule has 5 nitrogen and oxygen atoms in total. The van der Waals surface area contributed by atoms with Crippen molar-refractivity contribution in [1.29, 1.82) is 0 Å². The average Bonchev–Trinajstić information content (AvgIpc) is 2.78. The van der Waals surface area contributed by atoms with Gasteiger partial charge in [-0.25, -0.2) is 4.79 Å². The van der Waals surface area contributed by atoms with Crippen LogP contribution in [0, 0.1) is 29.6 Å². The van der Waals surface area contributed by atoms with Crippen LogP contribution in [0.4, 0.5) is 4.79 Å². The van der Waals surface area contributed by atoms with Crippen molar-refractivity contribution in [3.63, 3.8) is 0 Å². The first-order valence-electron chi connectivity index (χ1n) is 9.47. The number of hydrogen-bond acceptors (Lipinski definition) is 3. The van der Waals surface area contributed by atoms with Crippen LogP contribution in [0.25, 0.3) is 0 Å². The maximum atomic E-state index is 12.0. The Morgan fingerprint density at radius 2 is 1.57 bits per heavy atom. The predicted molar refractivity (Wildman–Crippen MR) is 85.6 cm³/mol. The molecule has 2 N–H and O–H groups in total. The van der Waals surface area contributed by atoms with Gasteiger partial charge in [-0.1, -0.05) is 0 Å². The smallest absolute Gasteiger partial charge is 0.322 e. The lowest BCUT2D eigenvalue weighted by Crippen LogP contribution is -2.56. The Balaban J connectivity index is 1.22. The largest absolute Gasteiger partial charge is 0.323 e. The fourth-order valence-corrected chi connectivity index (χ4v) is 6.63. The average molecular weight is 317 g/mol. The van der Waals surface area contributed by atoms with Gasteiger partial charge in [0.15, 0.2) is 0 Å². The highest BCUT2D eigenvalue weighted by atomic mass is 16.2. The predicted octanol–water partition coefficient (Wildman–Crippen LogP) is 1.73. The van der Waals surface area contributed by atoms with Gasteiger partial charge in [-0.15, -0.1) is 0 Å². The third kappa shape index (κ3) is 2.23. The summed E-state index contributed by atoms with van der Waals surface area (Å²) in [6.07, 6.45) is 8.96. The maximum absolute atomic E-state index is 12.0. The summed E-state index contributed by atoms with van der Waals surface area (Å²) in [7, 11) is 0. The molecule has 2 heterocycles. The number of nitrogens with zero attached hydrogens (tertiary/aromatic N) is 1. The molecule has 0 aromatic heterocycles. The first-order valence-corrected chi connectivity index (χ1v) is 9.47. The third-order valence-corrected chi connectivity index (χ3v) is 7.62. The van der Waals surface area contributed by atoms with Crippen molar-refractivity contribution in [2.45, 2.75) is 50.5 Å². The summed E-state index contributed by atoms with van der Waals surface area (Å²) >= 11 is 0. The van der Waals surface area contributed by atoms with Crippen LogP contribution in [-0.4, -0.2) is 42.0 Å². The summed E-state index contributed by atoms with van der Waals surface area (Å²) in [6, 6.07) is -0.315. The van der Waals surface area contributed by atoms with E-state index in [0.29, 0.717) is 0 Å². The molecule has 0 unspecified atom stereocenters. The molecule has 3 amide bonds. The SMILES string of the molecule is O=C1NC(=O)C2(CCN(CC3C4CC5CC(C4)CC3C5)CC2)N1. The summed E-state index contributed by atoms with van der Waals surface area (Å²) in [5.41, 5.74) is -0.613. The van der Waals surface area contributed by atoms with Crippen LogP contribution in [0.15, 0.2) is 0 Å². The minimum Gasteiger partial charge on any atom is -0.323 e. The second-order valence-corrected chi connectivity index (χ2v) is 8.89. The standard InChI is InChI=1S/C18H27N3O2/c22-16-18(20-17(23)19-16)1-3-21(4-2-18)10-15-13-6-11-5-12(8-13)9-14(15)7-11/h11-15H,1-10H2,(H2,19,20,22,23). The summed E-state index contributed by atoms with van der Waals surface area (Å²) in [6.45, 7) is 3.10. The molecule has 23 heavy (non-hydrogen) atoms. The highest BCUT2D eigenvalue weighted by molar-refractivity contribution is 6.07. The van der Waals surface area contributed by atoms with Gasteiger partial charge in [0, 0.05) is 19.6 Å². The van der Waals surface area contributed by atoms with Gasteiger partial charge in [-0.05, 0) is 74.5 Å². The van der Waals surface area contributed by atoms with E-state index in [4.69, 9.17) is 0 Å². The van der Waals surface area contributed by atoms with Gasteiger partial charge in [-0.3, -0.25) is 10.1 Å². The van der Waals surface area contributed by atoms with Gasteiger partial charge < -0.3 is 10.2 Å². The number of piperidine rings is 1.